The summed E-state index contributed by atoms with van der Waals surface area (Å²) >= 11 is 0. The highest BCUT2D eigenvalue weighted by atomic mass is 16.6. The molecule has 6 heteroatoms. The third kappa shape index (κ3) is 3.37. The van der Waals surface area contributed by atoms with E-state index in [1.165, 1.54) is 4.90 Å². The van der Waals surface area contributed by atoms with Crippen molar-refractivity contribution in [2.24, 2.45) is 5.92 Å². The summed E-state index contributed by atoms with van der Waals surface area (Å²) in [5, 5.41) is 8.84. The Balaban J connectivity index is 1.80. The summed E-state index contributed by atoms with van der Waals surface area (Å²) in [6.07, 6.45) is 0.626. The number of amides is 1. The van der Waals surface area contributed by atoms with Crippen LogP contribution in [-0.4, -0.2) is 65.3 Å². The molecule has 2 rings (SSSR count). The van der Waals surface area contributed by atoms with Gasteiger partial charge in [0.1, 0.15) is 0 Å². The minimum atomic E-state index is -1.06. The lowest BCUT2D eigenvalue weighted by atomic mass is 9.95. The minimum absolute atomic E-state index is 0.179. The van der Waals surface area contributed by atoms with E-state index in [0.717, 1.165) is 25.9 Å². The van der Waals surface area contributed by atoms with E-state index in [1.54, 1.807) is 0 Å². The average Bonchev–Trinajstić information content (AvgIpc) is 2.72. The van der Waals surface area contributed by atoms with Crippen molar-refractivity contribution in [3.8, 4) is 0 Å². The number of carboxylic acids is 1. The normalized spacial score (nSPS) is 25.9. The first kappa shape index (κ1) is 14.1. The standard InChI is InChI=1S/C13H22N2O4/c1-9(2)14-5-3-10(4-6-14)7-15-8-11(12(16)17)19-13(15)18/h9-11H,3-8H2,1-2H3,(H,16,17)/t11-/m1/s1. The van der Waals surface area contributed by atoms with Gasteiger partial charge < -0.3 is 19.6 Å². The molecule has 2 aliphatic rings. The third-order valence-electron chi connectivity index (χ3n) is 4.02. The van der Waals surface area contributed by atoms with Gasteiger partial charge in [-0.1, -0.05) is 0 Å². The number of hydrogen-bond donors (Lipinski definition) is 1. The Labute approximate surface area is 113 Å². The second-order valence-corrected chi connectivity index (χ2v) is 5.69. The Kier molecular flexibility index (Phi) is 4.29. The van der Waals surface area contributed by atoms with Gasteiger partial charge in [-0.15, -0.1) is 0 Å². The van der Waals surface area contributed by atoms with Gasteiger partial charge in [-0.3, -0.25) is 0 Å². The molecule has 6 nitrogen and oxygen atoms in total. The number of carboxylic acid groups (broad SMARTS) is 1. The van der Waals surface area contributed by atoms with Gasteiger partial charge in [-0.2, -0.15) is 0 Å². The van der Waals surface area contributed by atoms with Crippen molar-refractivity contribution >= 4 is 12.1 Å². The molecule has 0 spiro atoms. The number of piperidine rings is 1. The second kappa shape index (κ2) is 5.77. The number of likely N-dealkylation sites (tertiary alicyclic amines) is 1. The topological polar surface area (TPSA) is 70.1 Å². The Bertz CT molecular complexity index is 351. The molecule has 0 saturated carbocycles. The fourth-order valence-electron chi connectivity index (χ4n) is 2.75. The van der Waals surface area contributed by atoms with Gasteiger partial charge in [-0.25, -0.2) is 9.59 Å². The van der Waals surface area contributed by atoms with Gasteiger partial charge >= 0.3 is 12.1 Å². The molecule has 1 amide bonds. The van der Waals surface area contributed by atoms with E-state index in [4.69, 9.17) is 9.84 Å². The molecule has 1 N–H and O–H groups in total. The number of nitrogens with zero attached hydrogens (tertiary/aromatic N) is 2. The van der Waals surface area contributed by atoms with Crippen molar-refractivity contribution in [1.29, 1.82) is 0 Å². The lowest BCUT2D eigenvalue weighted by molar-refractivity contribution is -0.144. The Morgan fingerprint density at radius 3 is 2.53 bits per heavy atom. The smallest absolute Gasteiger partial charge is 0.410 e. The number of rotatable bonds is 4. The zero-order valence-electron chi connectivity index (χ0n) is 11.5. The van der Waals surface area contributed by atoms with E-state index in [1.807, 2.05) is 0 Å². The Morgan fingerprint density at radius 1 is 1.42 bits per heavy atom. The largest absolute Gasteiger partial charge is 0.478 e. The van der Waals surface area contributed by atoms with Crippen LogP contribution in [0.2, 0.25) is 0 Å². The highest BCUT2D eigenvalue weighted by Gasteiger charge is 2.37. The lowest BCUT2D eigenvalue weighted by Gasteiger charge is -2.35. The van der Waals surface area contributed by atoms with Gasteiger partial charge in [0, 0.05) is 12.6 Å². The summed E-state index contributed by atoms with van der Waals surface area (Å²) in [4.78, 5) is 26.3. The predicted molar refractivity (Wildman–Crippen MR) is 68.9 cm³/mol. The predicted octanol–water partition coefficient (Wildman–Crippen LogP) is 1.01. The van der Waals surface area contributed by atoms with Crippen LogP contribution in [0, 0.1) is 5.92 Å². The first-order chi connectivity index (χ1) is 8.97. The molecule has 0 aromatic carbocycles. The number of carbonyl (C=O) groups excluding carboxylic acids is 1. The van der Waals surface area contributed by atoms with Crippen LogP contribution >= 0.6 is 0 Å². The first-order valence-corrected chi connectivity index (χ1v) is 6.89. The van der Waals surface area contributed by atoms with E-state index < -0.39 is 18.2 Å². The summed E-state index contributed by atoms with van der Waals surface area (Å²) in [6.45, 7) is 7.28. The van der Waals surface area contributed by atoms with Crippen molar-refractivity contribution in [3.05, 3.63) is 0 Å². The number of aliphatic carboxylic acids is 1. The maximum atomic E-state index is 11.6. The molecule has 0 radical (unpaired) electrons. The third-order valence-corrected chi connectivity index (χ3v) is 4.02. The van der Waals surface area contributed by atoms with Crippen molar-refractivity contribution < 1.29 is 19.4 Å². The van der Waals surface area contributed by atoms with Gasteiger partial charge in [0.05, 0.1) is 6.54 Å². The van der Waals surface area contributed by atoms with Crippen LogP contribution in [0.3, 0.4) is 0 Å². The SMILES string of the molecule is CC(C)N1CCC(CN2C[C@H](C(=O)O)OC2=O)CC1. The molecule has 2 aliphatic heterocycles. The average molecular weight is 270 g/mol. The molecule has 2 saturated heterocycles. The number of cyclic esters (lactones) is 1. The minimum Gasteiger partial charge on any atom is -0.478 e. The number of hydrogen-bond acceptors (Lipinski definition) is 4. The Morgan fingerprint density at radius 2 is 2.05 bits per heavy atom. The summed E-state index contributed by atoms with van der Waals surface area (Å²) in [7, 11) is 0. The van der Waals surface area contributed by atoms with E-state index in [9.17, 15) is 9.59 Å². The Hall–Kier alpha value is -1.30. The summed E-state index contributed by atoms with van der Waals surface area (Å²) in [6, 6.07) is 0.564. The summed E-state index contributed by atoms with van der Waals surface area (Å²) in [5.41, 5.74) is 0. The second-order valence-electron chi connectivity index (χ2n) is 5.69. The molecule has 19 heavy (non-hydrogen) atoms. The summed E-state index contributed by atoms with van der Waals surface area (Å²) in [5.74, 6) is -0.611. The van der Waals surface area contributed by atoms with Crippen LogP contribution < -0.4 is 0 Å². The van der Waals surface area contributed by atoms with Crippen LogP contribution in [-0.2, 0) is 9.53 Å². The molecular formula is C13H22N2O4. The maximum absolute atomic E-state index is 11.6. The molecule has 2 heterocycles. The quantitative estimate of drug-likeness (QED) is 0.825. The van der Waals surface area contributed by atoms with Gasteiger partial charge in [0.15, 0.2) is 0 Å². The van der Waals surface area contributed by atoms with Crippen LogP contribution in [0.5, 0.6) is 0 Å². The van der Waals surface area contributed by atoms with Crippen molar-refractivity contribution in [2.75, 3.05) is 26.2 Å². The highest BCUT2D eigenvalue weighted by molar-refractivity contribution is 5.81. The van der Waals surface area contributed by atoms with Gasteiger partial charge in [0.2, 0.25) is 6.10 Å². The molecule has 0 aromatic rings. The molecule has 2 fully saturated rings. The highest BCUT2D eigenvalue weighted by Crippen LogP contribution is 2.22. The summed E-state index contributed by atoms with van der Waals surface area (Å²) < 4.78 is 4.81. The fraction of sp³-hybridized carbons (Fsp3) is 0.846. The van der Waals surface area contributed by atoms with Crippen LogP contribution in [0.1, 0.15) is 26.7 Å². The first-order valence-electron chi connectivity index (χ1n) is 6.89. The number of ether oxygens (including phenoxy) is 1. The molecule has 108 valence electrons. The number of carbonyl (C=O) groups is 2. The fourth-order valence-corrected chi connectivity index (χ4v) is 2.75. The van der Waals surface area contributed by atoms with E-state index in [-0.39, 0.29) is 6.54 Å². The van der Waals surface area contributed by atoms with Crippen molar-refractivity contribution in [1.82, 2.24) is 9.80 Å². The van der Waals surface area contributed by atoms with Crippen molar-refractivity contribution in [3.63, 3.8) is 0 Å². The van der Waals surface area contributed by atoms with Crippen LogP contribution in [0.25, 0.3) is 0 Å². The molecular weight excluding hydrogens is 248 g/mol. The van der Waals surface area contributed by atoms with E-state index in [0.29, 0.717) is 18.5 Å². The molecule has 0 bridgehead atoms. The molecule has 0 aliphatic carbocycles. The van der Waals surface area contributed by atoms with Gasteiger partial charge in [0.25, 0.3) is 0 Å². The molecule has 1 atom stereocenters. The van der Waals surface area contributed by atoms with E-state index in [2.05, 4.69) is 18.7 Å². The molecule has 0 aromatic heterocycles. The zero-order chi connectivity index (χ0) is 14.0. The maximum Gasteiger partial charge on any atom is 0.410 e. The van der Waals surface area contributed by atoms with Gasteiger partial charge in [-0.05, 0) is 45.7 Å². The molecule has 0 unspecified atom stereocenters. The van der Waals surface area contributed by atoms with Crippen LogP contribution in [0.15, 0.2) is 0 Å². The van der Waals surface area contributed by atoms with E-state index >= 15 is 0 Å². The van der Waals surface area contributed by atoms with Crippen molar-refractivity contribution in [2.45, 2.75) is 38.8 Å². The zero-order valence-corrected chi connectivity index (χ0v) is 11.5. The monoisotopic (exact) mass is 270 g/mol. The van der Waals surface area contributed by atoms with Crippen LogP contribution in [0.4, 0.5) is 4.79 Å². The lowest BCUT2D eigenvalue weighted by Crippen LogP contribution is -2.42.